The predicted molar refractivity (Wildman–Crippen MR) is 120 cm³/mol. The first-order valence-corrected chi connectivity index (χ1v) is 11.3. The number of aryl methyl sites for hydroxylation is 1. The average Bonchev–Trinajstić information content (AvgIpc) is 3.43. The zero-order valence-electron chi connectivity index (χ0n) is 17.2. The Morgan fingerprint density at radius 3 is 2.77 bits per heavy atom. The Morgan fingerprint density at radius 2 is 2.03 bits per heavy atom. The smallest absolute Gasteiger partial charge is 0.148 e. The van der Waals surface area contributed by atoms with Crippen molar-refractivity contribution in [1.82, 2.24) is 19.9 Å². The van der Waals surface area contributed by atoms with Crippen LogP contribution in [0.2, 0.25) is 0 Å². The van der Waals surface area contributed by atoms with Gasteiger partial charge >= 0.3 is 0 Å². The summed E-state index contributed by atoms with van der Waals surface area (Å²) >= 11 is 1.95. The summed E-state index contributed by atoms with van der Waals surface area (Å²) in [5, 5.41) is 12.0. The van der Waals surface area contributed by atoms with Crippen LogP contribution in [0.4, 0.5) is 11.5 Å². The quantitative estimate of drug-likeness (QED) is 0.540. The monoisotopic (exact) mass is 418 g/mol. The molecular formula is C23H26N6S. The molecule has 0 aromatic carbocycles. The third kappa shape index (κ3) is 5.02. The highest BCUT2D eigenvalue weighted by molar-refractivity contribution is 7.11. The highest BCUT2D eigenvalue weighted by Crippen LogP contribution is 2.33. The molecule has 4 heterocycles. The molecule has 6 nitrogen and oxygen atoms in total. The molecule has 0 amide bonds. The molecule has 4 rings (SSSR count). The van der Waals surface area contributed by atoms with E-state index in [1.807, 2.05) is 29.7 Å². The molecule has 0 aliphatic carbocycles. The molecule has 3 aromatic rings. The molecular weight excluding hydrogens is 392 g/mol. The van der Waals surface area contributed by atoms with Crippen molar-refractivity contribution in [1.29, 1.82) is 5.26 Å². The fourth-order valence-corrected chi connectivity index (χ4v) is 4.89. The molecule has 1 aliphatic rings. The van der Waals surface area contributed by atoms with Crippen LogP contribution in [0.3, 0.4) is 0 Å². The fourth-order valence-electron chi connectivity index (χ4n) is 3.80. The van der Waals surface area contributed by atoms with Crippen molar-refractivity contribution in [3.05, 3.63) is 64.0 Å². The lowest BCUT2D eigenvalue weighted by molar-refractivity contribution is 0.246. The Labute approximate surface area is 181 Å². The average molecular weight is 419 g/mol. The van der Waals surface area contributed by atoms with E-state index in [9.17, 15) is 0 Å². The number of likely N-dealkylation sites (tertiary alicyclic amines) is 1. The van der Waals surface area contributed by atoms with Crippen LogP contribution >= 0.6 is 11.3 Å². The van der Waals surface area contributed by atoms with Crippen molar-refractivity contribution >= 4 is 22.8 Å². The molecule has 1 atom stereocenters. The van der Waals surface area contributed by atoms with Crippen LogP contribution in [0.25, 0.3) is 0 Å². The second kappa shape index (κ2) is 9.79. The Kier molecular flexibility index (Phi) is 6.67. The summed E-state index contributed by atoms with van der Waals surface area (Å²) in [6.07, 6.45) is 11.3. The third-order valence-electron chi connectivity index (χ3n) is 5.38. The lowest BCUT2D eigenvalue weighted by Gasteiger charge is -2.23. The maximum Gasteiger partial charge on any atom is 0.148 e. The van der Waals surface area contributed by atoms with Gasteiger partial charge in [-0.3, -0.25) is 9.88 Å². The van der Waals surface area contributed by atoms with E-state index in [1.165, 1.54) is 35.4 Å². The van der Waals surface area contributed by atoms with E-state index in [-0.39, 0.29) is 0 Å². The summed E-state index contributed by atoms with van der Waals surface area (Å²) in [4.78, 5) is 18.8. The van der Waals surface area contributed by atoms with Gasteiger partial charge in [-0.05, 0) is 56.5 Å². The molecule has 0 radical (unpaired) electrons. The number of unbranched alkanes of at least 4 members (excludes halogenated alkanes) is 1. The standard InChI is InChI=1S/C23H26N6S/c1-2-3-5-19-9-10-20(30-19)16-29-11-4-6-22(29)21-14-27-23(15-26-21)28-18-8-7-17(12-24)25-13-18/h7-10,13-15,22H,2-6,11,16H2,1H3,(H,27,28)/t22-/m0/s1. The number of hydrogen-bond donors (Lipinski definition) is 1. The third-order valence-corrected chi connectivity index (χ3v) is 6.51. The lowest BCUT2D eigenvalue weighted by Crippen LogP contribution is -2.23. The summed E-state index contributed by atoms with van der Waals surface area (Å²) in [6.45, 7) is 4.33. The molecule has 1 N–H and O–H groups in total. The van der Waals surface area contributed by atoms with Gasteiger partial charge in [-0.2, -0.15) is 5.26 Å². The maximum absolute atomic E-state index is 8.84. The summed E-state index contributed by atoms with van der Waals surface area (Å²) in [5.41, 5.74) is 2.21. The predicted octanol–water partition coefficient (Wildman–Crippen LogP) is 5.23. The topological polar surface area (TPSA) is 77.7 Å². The molecule has 0 unspecified atom stereocenters. The SMILES string of the molecule is CCCCc1ccc(CN2CCC[C@H]2c2cnc(Nc3ccc(C#N)nc3)cn2)s1. The number of hydrogen-bond acceptors (Lipinski definition) is 7. The van der Waals surface area contributed by atoms with Gasteiger partial charge in [0.25, 0.3) is 0 Å². The van der Waals surface area contributed by atoms with E-state index in [2.05, 4.69) is 39.2 Å². The first-order valence-electron chi connectivity index (χ1n) is 10.5. The van der Waals surface area contributed by atoms with Gasteiger partial charge in [-0.1, -0.05) is 13.3 Å². The largest absolute Gasteiger partial charge is 0.338 e. The van der Waals surface area contributed by atoms with E-state index >= 15 is 0 Å². The lowest BCUT2D eigenvalue weighted by atomic mass is 10.1. The van der Waals surface area contributed by atoms with Gasteiger partial charge in [0.05, 0.1) is 36.0 Å². The highest BCUT2D eigenvalue weighted by atomic mass is 32.1. The first kappa shape index (κ1) is 20.5. The van der Waals surface area contributed by atoms with Crippen LogP contribution in [-0.4, -0.2) is 26.4 Å². The number of rotatable bonds is 8. The summed E-state index contributed by atoms with van der Waals surface area (Å²) in [7, 11) is 0. The zero-order chi connectivity index (χ0) is 20.8. The zero-order valence-corrected chi connectivity index (χ0v) is 18.0. The van der Waals surface area contributed by atoms with Crippen LogP contribution in [0, 0.1) is 11.3 Å². The van der Waals surface area contributed by atoms with Gasteiger partial charge in [0.1, 0.15) is 17.6 Å². The number of nitrogens with one attached hydrogen (secondary N) is 1. The Hall–Kier alpha value is -2.82. The van der Waals surface area contributed by atoms with Gasteiger partial charge in [0.2, 0.25) is 0 Å². The van der Waals surface area contributed by atoms with Gasteiger partial charge in [-0.15, -0.1) is 11.3 Å². The van der Waals surface area contributed by atoms with Crippen LogP contribution in [0.15, 0.2) is 42.9 Å². The molecule has 0 saturated carbocycles. The van der Waals surface area contributed by atoms with Crippen molar-refractivity contribution in [2.24, 2.45) is 0 Å². The summed E-state index contributed by atoms with van der Waals surface area (Å²) in [5.74, 6) is 0.675. The van der Waals surface area contributed by atoms with Crippen LogP contribution in [0.5, 0.6) is 0 Å². The normalized spacial score (nSPS) is 16.5. The number of nitriles is 1. The maximum atomic E-state index is 8.84. The van der Waals surface area contributed by atoms with Gasteiger partial charge < -0.3 is 5.32 Å². The Balaban J connectivity index is 1.38. The van der Waals surface area contributed by atoms with Crippen LogP contribution in [-0.2, 0) is 13.0 Å². The second-order valence-corrected chi connectivity index (χ2v) is 8.85. The van der Waals surface area contributed by atoms with E-state index in [4.69, 9.17) is 10.2 Å². The van der Waals surface area contributed by atoms with Crippen molar-refractivity contribution in [2.75, 3.05) is 11.9 Å². The summed E-state index contributed by atoms with van der Waals surface area (Å²) < 4.78 is 0. The van der Waals surface area contributed by atoms with E-state index in [0.29, 0.717) is 17.6 Å². The molecule has 1 fully saturated rings. The van der Waals surface area contributed by atoms with Crippen molar-refractivity contribution in [3.8, 4) is 6.07 Å². The minimum Gasteiger partial charge on any atom is -0.338 e. The van der Waals surface area contributed by atoms with E-state index < -0.39 is 0 Å². The number of pyridine rings is 1. The molecule has 7 heteroatoms. The van der Waals surface area contributed by atoms with Crippen LogP contribution in [0.1, 0.15) is 59.8 Å². The summed E-state index contributed by atoms with van der Waals surface area (Å²) in [6, 6.07) is 10.4. The molecule has 0 bridgehead atoms. The number of anilines is 2. The number of thiophene rings is 1. The molecule has 154 valence electrons. The van der Waals surface area contributed by atoms with Crippen molar-refractivity contribution in [3.63, 3.8) is 0 Å². The Morgan fingerprint density at radius 1 is 1.13 bits per heavy atom. The second-order valence-electron chi connectivity index (χ2n) is 7.60. The fraction of sp³-hybridized carbons (Fsp3) is 0.391. The molecule has 1 saturated heterocycles. The molecule has 30 heavy (non-hydrogen) atoms. The van der Waals surface area contributed by atoms with Crippen molar-refractivity contribution in [2.45, 2.75) is 51.6 Å². The Bertz CT molecular complexity index is 990. The molecule has 1 aliphatic heterocycles. The van der Waals surface area contributed by atoms with Gasteiger partial charge in [0.15, 0.2) is 0 Å². The van der Waals surface area contributed by atoms with Gasteiger partial charge in [-0.25, -0.2) is 9.97 Å². The molecule has 0 spiro atoms. The minimum atomic E-state index is 0.323. The number of nitrogens with zero attached hydrogens (tertiary/aromatic N) is 5. The van der Waals surface area contributed by atoms with Crippen LogP contribution < -0.4 is 5.32 Å². The molecule has 3 aromatic heterocycles. The van der Waals surface area contributed by atoms with Gasteiger partial charge in [0, 0.05) is 16.3 Å². The van der Waals surface area contributed by atoms with E-state index in [0.717, 1.165) is 30.9 Å². The first-order chi connectivity index (χ1) is 14.7. The highest BCUT2D eigenvalue weighted by Gasteiger charge is 2.27. The van der Waals surface area contributed by atoms with Crippen molar-refractivity contribution < 1.29 is 0 Å². The van der Waals surface area contributed by atoms with E-state index in [1.54, 1.807) is 18.5 Å². The minimum absolute atomic E-state index is 0.323. The number of aromatic nitrogens is 3.